The topological polar surface area (TPSA) is 114 Å². The van der Waals surface area contributed by atoms with E-state index >= 15 is 0 Å². The molecule has 0 heterocycles. The summed E-state index contributed by atoms with van der Waals surface area (Å²) in [5.74, 6) is -1.38. The van der Waals surface area contributed by atoms with Crippen LogP contribution in [-0.2, 0) is 9.47 Å². The van der Waals surface area contributed by atoms with Crippen LogP contribution in [0, 0.1) is 0 Å². The fourth-order valence-corrected chi connectivity index (χ4v) is 3.94. The Bertz CT molecular complexity index is 1220. The van der Waals surface area contributed by atoms with Gasteiger partial charge in [-0.25, -0.2) is 14.4 Å². The third-order valence-corrected chi connectivity index (χ3v) is 5.41. The van der Waals surface area contributed by atoms with E-state index in [9.17, 15) is 19.5 Å². The molecule has 2 amide bonds. The van der Waals surface area contributed by atoms with Gasteiger partial charge in [0.05, 0.1) is 11.3 Å². The summed E-state index contributed by atoms with van der Waals surface area (Å²) in [6, 6.07) is 19.9. The Morgan fingerprint density at radius 1 is 0.882 bits per heavy atom. The van der Waals surface area contributed by atoms with Gasteiger partial charge < -0.3 is 14.6 Å². The van der Waals surface area contributed by atoms with E-state index in [-0.39, 0.29) is 36.1 Å². The highest BCUT2D eigenvalue weighted by Crippen LogP contribution is 2.44. The third kappa shape index (κ3) is 4.75. The molecule has 0 aliphatic heterocycles. The Balaban J connectivity index is 1.47. The maximum Gasteiger partial charge on any atom is 0.411 e. The monoisotopic (exact) mass is 458 g/mol. The van der Waals surface area contributed by atoms with Crippen molar-refractivity contribution in [3.05, 3.63) is 96.1 Å². The lowest BCUT2D eigenvalue weighted by molar-refractivity contribution is 0.0698. The number of ether oxygens (including phenoxy) is 2. The minimum Gasteiger partial charge on any atom is -0.478 e. The lowest BCUT2D eigenvalue weighted by atomic mass is 9.98. The number of carboxylic acid groups (broad SMARTS) is 1. The first-order valence-corrected chi connectivity index (χ1v) is 10.5. The number of aromatic carboxylic acids is 1. The third-order valence-electron chi connectivity index (χ3n) is 5.41. The van der Waals surface area contributed by atoms with Gasteiger partial charge in [0.2, 0.25) is 0 Å². The number of carbonyl (C=O) groups excluding carboxylic acids is 2. The second-order valence-electron chi connectivity index (χ2n) is 7.53. The summed E-state index contributed by atoms with van der Waals surface area (Å²) in [7, 11) is 0. The summed E-state index contributed by atoms with van der Waals surface area (Å²) in [6.45, 7) is 3.55. The zero-order valence-electron chi connectivity index (χ0n) is 18.1. The molecule has 1 aliphatic carbocycles. The number of anilines is 2. The molecule has 0 spiro atoms. The molecule has 0 radical (unpaired) electrons. The second kappa shape index (κ2) is 9.91. The summed E-state index contributed by atoms with van der Waals surface area (Å²) < 4.78 is 10.3. The molecule has 0 atom stereocenters. The van der Waals surface area contributed by atoms with Crippen LogP contribution in [0.2, 0.25) is 0 Å². The number of benzene rings is 3. The van der Waals surface area contributed by atoms with Crippen LogP contribution in [0.15, 0.2) is 79.4 Å². The smallest absolute Gasteiger partial charge is 0.411 e. The number of hydrogen-bond donors (Lipinski definition) is 3. The largest absolute Gasteiger partial charge is 0.478 e. The molecule has 0 saturated carbocycles. The normalized spacial score (nSPS) is 11.6. The summed E-state index contributed by atoms with van der Waals surface area (Å²) >= 11 is 0. The lowest BCUT2D eigenvalue weighted by Gasteiger charge is -2.15. The molecular weight excluding hydrogens is 436 g/mol. The van der Waals surface area contributed by atoms with Gasteiger partial charge in [-0.2, -0.15) is 0 Å². The molecule has 3 N–H and O–H groups in total. The first kappa shape index (κ1) is 22.6. The van der Waals surface area contributed by atoms with E-state index < -0.39 is 18.2 Å². The quantitative estimate of drug-likeness (QED) is 0.404. The molecule has 0 saturated heterocycles. The van der Waals surface area contributed by atoms with Crippen LogP contribution in [0.4, 0.5) is 21.0 Å². The highest BCUT2D eigenvalue weighted by atomic mass is 16.6. The Labute approximate surface area is 195 Å². The van der Waals surface area contributed by atoms with E-state index in [2.05, 4.69) is 17.2 Å². The maximum absolute atomic E-state index is 12.6. The first-order valence-electron chi connectivity index (χ1n) is 10.5. The minimum absolute atomic E-state index is 0.0178. The molecule has 3 aromatic carbocycles. The Kier molecular flexibility index (Phi) is 6.59. The van der Waals surface area contributed by atoms with Gasteiger partial charge in [-0.3, -0.25) is 10.6 Å². The Morgan fingerprint density at radius 3 is 2.12 bits per heavy atom. The number of carbonyl (C=O) groups is 3. The molecule has 1 aliphatic rings. The van der Waals surface area contributed by atoms with Crippen LogP contribution < -0.4 is 10.6 Å². The molecule has 0 bridgehead atoms. The Morgan fingerprint density at radius 2 is 1.50 bits per heavy atom. The number of carboxylic acids is 1. The zero-order chi connectivity index (χ0) is 24.1. The summed E-state index contributed by atoms with van der Waals surface area (Å²) in [5.41, 5.74) is 4.39. The van der Waals surface area contributed by atoms with Gasteiger partial charge in [0.15, 0.2) is 0 Å². The first-order chi connectivity index (χ1) is 16.5. The number of amides is 2. The van der Waals surface area contributed by atoms with E-state index in [0.717, 1.165) is 22.3 Å². The van der Waals surface area contributed by atoms with Crippen molar-refractivity contribution >= 4 is 29.5 Å². The highest BCUT2D eigenvalue weighted by molar-refractivity contribution is 6.00. The van der Waals surface area contributed by atoms with Crippen LogP contribution in [0.5, 0.6) is 0 Å². The van der Waals surface area contributed by atoms with Crippen LogP contribution in [0.1, 0.15) is 27.4 Å². The summed E-state index contributed by atoms with van der Waals surface area (Å²) in [5, 5.41) is 14.4. The molecule has 3 aromatic rings. The molecule has 0 fully saturated rings. The number of fused-ring (bicyclic) bond motifs is 3. The summed E-state index contributed by atoms with van der Waals surface area (Å²) in [6.07, 6.45) is -0.136. The molecule has 34 heavy (non-hydrogen) atoms. The van der Waals surface area contributed by atoms with Crippen molar-refractivity contribution < 1.29 is 29.0 Å². The van der Waals surface area contributed by atoms with E-state index in [0.29, 0.717) is 0 Å². The second-order valence-corrected chi connectivity index (χ2v) is 7.53. The highest BCUT2D eigenvalue weighted by Gasteiger charge is 2.29. The van der Waals surface area contributed by atoms with Gasteiger partial charge in [0.25, 0.3) is 0 Å². The van der Waals surface area contributed by atoms with Gasteiger partial charge in [0.1, 0.15) is 13.2 Å². The van der Waals surface area contributed by atoms with Crippen LogP contribution in [0.25, 0.3) is 11.1 Å². The molecule has 0 unspecified atom stereocenters. The standard InChI is InChI=1S/C26H22N2O6/c1-2-13-33-25(31)27-16-11-12-21(24(29)30)23(14-16)28-26(32)34-15-22-19-9-5-3-7-17(19)18-8-4-6-10-20(18)22/h2-12,14,22H,1,13,15H2,(H,27,31)(H,28,32)(H,29,30). The fourth-order valence-electron chi connectivity index (χ4n) is 3.94. The van der Waals surface area contributed by atoms with E-state index in [1.165, 1.54) is 24.3 Å². The van der Waals surface area contributed by atoms with Crippen LogP contribution in [0.3, 0.4) is 0 Å². The molecule has 8 heteroatoms. The van der Waals surface area contributed by atoms with Crippen molar-refractivity contribution in [2.24, 2.45) is 0 Å². The molecule has 8 nitrogen and oxygen atoms in total. The van der Waals surface area contributed by atoms with E-state index in [1.54, 1.807) is 0 Å². The summed E-state index contributed by atoms with van der Waals surface area (Å²) in [4.78, 5) is 36.0. The number of rotatable bonds is 7. The SMILES string of the molecule is C=CCOC(=O)Nc1ccc(C(=O)O)c(NC(=O)OCC2c3ccccc3-c3ccccc32)c1. The fraction of sp³-hybridized carbons (Fsp3) is 0.115. The Hall–Kier alpha value is -4.59. The van der Waals surface area contributed by atoms with Gasteiger partial charge in [-0.05, 0) is 40.5 Å². The predicted molar refractivity (Wildman–Crippen MR) is 127 cm³/mol. The van der Waals surface area contributed by atoms with Crippen molar-refractivity contribution in [3.8, 4) is 11.1 Å². The van der Waals surface area contributed by atoms with Crippen molar-refractivity contribution in [2.75, 3.05) is 23.8 Å². The van der Waals surface area contributed by atoms with Crippen LogP contribution >= 0.6 is 0 Å². The molecule has 0 aromatic heterocycles. The van der Waals surface area contributed by atoms with Crippen molar-refractivity contribution in [2.45, 2.75) is 5.92 Å². The molecule has 172 valence electrons. The van der Waals surface area contributed by atoms with Crippen LogP contribution in [-0.4, -0.2) is 36.5 Å². The van der Waals surface area contributed by atoms with Gasteiger partial charge in [0, 0.05) is 11.6 Å². The predicted octanol–water partition coefficient (Wildman–Crippen LogP) is 5.48. The lowest BCUT2D eigenvalue weighted by Crippen LogP contribution is -2.20. The van der Waals surface area contributed by atoms with E-state index in [4.69, 9.17) is 9.47 Å². The van der Waals surface area contributed by atoms with Gasteiger partial charge in [-0.15, -0.1) is 0 Å². The van der Waals surface area contributed by atoms with Crippen molar-refractivity contribution in [3.63, 3.8) is 0 Å². The van der Waals surface area contributed by atoms with Crippen molar-refractivity contribution in [1.29, 1.82) is 0 Å². The van der Waals surface area contributed by atoms with Crippen molar-refractivity contribution in [1.82, 2.24) is 0 Å². The van der Waals surface area contributed by atoms with Gasteiger partial charge in [-0.1, -0.05) is 61.2 Å². The average Bonchev–Trinajstić information content (AvgIpc) is 3.15. The zero-order valence-corrected chi connectivity index (χ0v) is 18.1. The van der Waals surface area contributed by atoms with E-state index in [1.807, 2.05) is 48.5 Å². The molecular formula is C26H22N2O6. The minimum atomic E-state index is -1.24. The van der Waals surface area contributed by atoms with Gasteiger partial charge >= 0.3 is 18.2 Å². The molecule has 4 rings (SSSR count). The maximum atomic E-state index is 12.6. The average molecular weight is 458 g/mol. The number of nitrogens with one attached hydrogen (secondary N) is 2. The number of hydrogen-bond acceptors (Lipinski definition) is 5.